The number of ketones is 1. The van der Waals surface area contributed by atoms with Crippen LogP contribution in [0.1, 0.15) is 33.3 Å². The van der Waals surface area contributed by atoms with Crippen LogP contribution in [0.25, 0.3) is 0 Å². The lowest BCUT2D eigenvalue weighted by Gasteiger charge is -2.40. The van der Waals surface area contributed by atoms with Crippen LogP contribution in [0, 0.1) is 5.41 Å². The number of alkyl carbamates (subject to hydrolysis) is 1. The zero-order chi connectivity index (χ0) is 16.1. The van der Waals surface area contributed by atoms with Crippen molar-refractivity contribution in [3.63, 3.8) is 0 Å². The summed E-state index contributed by atoms with van der Waals surface area (Å²) in [6, 6.07) is 9.45. The maximum Gasteiger partial charge on any atom is 0.407 e. The van der Waals surface area contributed by atoms with Crippen LogP contribution < -0.4 is 5.32 Å². The van der Waals surface area contributed by atoms with E-state index in [-0.39, 0.29) is 17.7 Å². The van der Waals surface area contributed by atoms with Crippen LogP contribution >= 0.6 is 15.9 Å². The van der Waals surface area contributed by atoms with E-state index in [2.05, 4.69) is 21.2 Å². The van der Waals surface area contributed by atoms with Gasteiger partial charge in [-0.1, -0.05) is 60.1 Å². The summed E-state index contributed by atoms with van der Waals surface area (Å²) in [6.45, 7) is 7.46. The fourth-order valence-corrected chi connectivity index (χ4v) is 2.39. The minimum atomic E-state index is -0.717. The Morgan fingerprint density at radius 3 is 2.24 bits per heavy atom. The quantitative estimate of drug-likeness (QED) is 0.791. The van der Waals surface area contributed by atoms with Crippen LogP contribution in [0.4, 0.5) is 4.79 Å². The molecule has 1 aromatic rings. The number of carbonyl (C=O) groups is 2. The van der Waals surface area contributed by atoms with Gasteiger partial charge in [0.1, 0.15) is 6.61 Å². The molecule has 0 saturated heterocycles. The first kappa shape index (κ1) is 17.7. The lowest BCUT2D eigenvalue weighted by molar-refractivity contribution is -0.127. The molecule has 0 spiro atoms. The second-order valence-electron chi connectivity index (χ2n) is 5.99. The Bertz CT molecular complexity index is 498. The Labute approximate surface area is 134 Å². The summed E-state index contributed by atoms with van der Waals surface area (Å²) >= 11 is 3.18. The van der Waals surface area contributed by atoms with Crippen molar-refractivity contribution in [3.05, 3.63) is 35.9 Å². The van der Waals surface area contributed by atoms with Crippen molar-refractivity contribution >= 4 is 27.8 Å². The maximum atomic E-state index is 12.0. The molecule has 0 saturated carbocycles. The van der Waals surface area contributed by atoms with Crippen molar-refractivity contribution in [1.29, 1.82) is 0 Å². The average Bonchev–Trinajstić information content (AvgIpc) is 2.44. The predicted octanol–water partition coefficient (Wildman–Crippen LogP) is 3.68. The molecule has 0 bridgehead atoms. The molecule has 1 aromatic carbocycles. The summed E-state index contributed by atoms with van der Waals surface area (Å²) in [6.07, 6.45) is -0.528. The van der Waals surface area contributed by atoms with E-state index in [4.69, 9.17) is 4.74 Å². The number of amides is 1. The maximum absolute atomic E-state index is 12.0. The number of carbonyl (C=O) groups excluding carboxylic acids is 2. The highest BCUT2D eigenvalue weighted by atomic mass is 79.9. The molecule has 1 N–H and O–H groups in total. The minimum absolute atomic E-state index is 0.0239. The SMILES string of the molecule is CC(C)(NC(=O)OCc1ccccc1)C(C)(C)C(=O)CBr. The first-order valence-corrected chi connectivity index (χ1v) is 7.91. The zero-order valence-corrected chi connectivity index (χ0v) is 14.5. The Kier molecular flexibility index (Phi) is 5.96. The lowest BCUT2D eigenvalue weighted by Crippen LogP contribution is -2.57. The van der Waals surface area contributed by atoms with Crippen molar-refractivity contribution in [2.75, 3.05) is 5.33 Å². The molecule has 1 amide bonds. The van der Waals surface area contributed by atoms with E-state index >= 15 is 0 Å². The molecule has 0 aliphatic carbocycles. The highest BCUT2D eigenvalue weighted by Gasteiger charge is 2.43. The van der Waals surface area contributed by atoms with Gasteiger partial charge < -0.3 is 10.1 Å². The summed E-state index contributed by atoms with van der Waals surface area (Å²) in [7, 11) is 0. The van der Waals surface area contributed by atoms with E-state index in [0.717, 1.165) is 5.56 Å². The highest BCUT2D eigenvalue weighted by molar-refractivity contribution is 9.09. The fourth-order valence-electron chi connectivity index (χ4n) is 1.69. The van der Waals surface area contributed by atoms with Crippen molar-refractivity contribution < 1.29 is 14.3 Å². The van der Waals surface area contributed by atoms with Crippen LogP contribution in [0.2, 0.25) is 0 Å². The summed E-state index contributed by atoms with van der Waals surface area (Å²) in [4.78, 5) is 23.9. The largest absolute Gasteiger partial charge is 0.445 e. The Morgan fingerprint density at radius 2 is 1.71 bits per heavy atom. The van der Waals surface area contributed by atoms with Gasteiger partial charge in [-0.25, -0.2) is 4.79 Å². The van der Waals surface area contributed by atoms with Crippen LogP contribution in [0.3, 0.4) is 0 Å². The topological polar surface area (TPSA) is 55.4 Å². The van der Waals surface area contributed by atoms with Gasteiger partial charge in [0.05, 0.1) is 5.33 Å². The van der Waals surface area contributed by atoms with Gasteiger partial charge in [0, 0.05) is 11.0 Å². The number of ether oxygens (including phenoxy) is 1. The lowest BCUT2D eigenvalue weighted by atomic mass is 9.72. The van der Waals surface area contributed by atoms with Gasteiger partial charge in [-0.2, -0.15) is 0 Å². The molecule has 0 fully saturated rings. The smallest absolute Gasteiger partial charge is 0.407 e. The van der Waals surface area contributed by atoms with E-state index in [0.29, 0.717) is 0 Å². The van der Waals surface area contributed by atoms with Crippen LogP contribution in [-0.4, -0.2) is 22.7 Å². The third kappa shape index (κ3) is 4.56. The van der Waals surface area contributed by atoms with E-state index in [9.17, 15) is 9.59 Å². The van der Waals surface area contributed by atoms with Gasteiger partial charge in [0.2, 0.25) is 0 Å². The first-order chi connectivity index (χ1) is 9.70. The summed E-state index contributed by atoms with van der Waals surface area (Å²) in [5, 5.41) is 3.03. The van der Waals surface area contributed by atoms with Crippen molar-refractivity contribution in [2.24, 2.45) is 5.41 Å². The summed E-state index contributed by atoms with van der Waals surface area (Å²) in [5.74, 6) is 0.0239. The molecular formula is C16H22BrNO3. The Balaban J connectivity index is 2.62. The molecule has 116 valence electrons. The average molecular weight is 356 g/mol. The second kappa shape index (κ2) is 7.07. The molecule has 0 radical (unpaired) electrons. The fraction of sp³-hybridized carbons (Fsp3) is 0.500. The number of hydrogen-bond donors (Lipinski definition) is 1. The Hall–Kier alpha value is -1.36. The number of halogens is 1. The first-order valence-electron chi connectivity index (χ1n) is 6.79. The standard InChI is InChI=1S/C16H22BrNO3/c1-15(2,13(19)10-17)16(3,4)18-14(20)21-11-12-8-6-5-7-9-12/h5-9H,10-11H2,1-4H3,(H,18,20). The summed E-state index contributed by atoms with van der Waals surface area (Å²) < 4.78 is 5.20. The third-order valence-corrected chi connectivity index (χ3v) is 4.52. The van der Waals surface area contributed by atoms with Gasteiger partial charge in [-0.3, -0.25) is 4.79 Å². The molecule has 1 rings (SSSR count). The molecule has 5 heteroatoms. The number of rotatable bonds is 6. The highest BCUT2D eigenvalue weighted by Crippen LogP contribution is 2.32. The molecule has 0 unspecified atom stereocenters. The number of benzene rings is 1. The van der Waals surface area contributed by atoms with Gasteiger partial charge in [0.15, 0.2) is 5.78 Å². The second-order valence-corrected chi connectivity index (χ2v) is 6.55. The van der Waals surface area contributed by atoms with Crippen LogP contribution in [0.15, 0.2) is 30.3 Å². The third-order valence-electron chi connectivity index (χ3n) is 4.01. The normalized spacial score (nSPS) is 11.9. The summed E-state index contributed by atoms with van der Waals surface area (Å²) in [5.41, 5.74) is -0.505. The van der Waals surface area contributed by atoms with E-state index < -0.39 is 17.0 Å². The molecule has 4 nitrogen and oxygen atoms in total. The molecule has 0 aliphatic rings. The van der Waals surface area contributed by atoms with Crippen molar-refractivity contribution in [1.82, 2.24) is 5.32 Å². The molecule has 0 atom stereocenters. The number of alkyl halides is 1. The monoisotopic (exact) mass is 355 g/mol. The zero-order valence-electron chi connectivity index (χ0n) is 12.9. The van der Waals surface area contributed by atoms with Gasteiger partial charge in [-0.15, -0.1) is 0 Å². The van der Waals surface area contributed by atoms with Gasteiger partial charge in [0.25, 0.3) is 0 Å². The van der Waals surface area contributed by atoms with Crippen molar-refractivity contribution in [3.8, 4) is 0 Å². The van der Waals surface area contributed by atoms with Crippen LogP contribution in [0.5, 0.6) is 0 Å². The van der Waals surface area contributed by atoms with E-state index in [1.54, 1.807) is 0 Å². The number of hydrogen-bond acceptors (Lipinski definition) is 3. The minimum Gasteiger partial charge on any atom is -0.445 e. The van der Waals surface area contributed by atoms with Crippen molar-refractivity contribution in [2.45, 2.75) is 39.8 Å². The van der Waals surface area contributed by atoms with Gasteiger partial charge in [-0.05, 0) is 19.4 Å². The predicted molar refractivity (Wildman–Crippen MR) is 86.4 cm³/mol. The molecule has 0 aromatic heterocycles. The van der Waals surface area contributed by atoms with Gasteiger partial charge >= 0.3 is 6.09 Å². The Morgan fingerprint density at radius 1 is 1.14 bits per heavy atom. The van der Waals surface area contributed by atoms with Crippen LogP contribution in [-0.2, 0) is 16.1 Å². The molecule has 21 heavy (non-hydrogen) atoms. The number of Topliss-reactive ketones (excluding diaryl/α,β-unsaturated/α-hetero) is 1. The number of nitrogens with one attached hydrogen (secondary N) is 1. The van der Waals surface area contributed by atoms with E-state index in [1.807, 2.05) is 58.0 Å². The molecule has 0 heterocycles. The molecular weight excluding hydrogens is 334 g/mol. The molecule has 0 aliphatic heterocycles. The van der Waals surface area contributed by atoms with E-state index in [1.165, 1.54) is 0 Å².